The molecule has 0 radical (unpaired) electrons. The van der Waals surface area contributed by atoms with E-state index >= 15 is 0 Å². The van der Waals surface area contributed by atoms with E-state index in [1.54, 1.807) is 0 Å². The van der Waals surface area contributed by atoms with Crippen LogP contribution in [0.15, 0.2) is 0 Å². The van der Waals surface area contributed by atoms with Gasteiger partial charge in [0.15, 0.2) is 0 Å². The SMILES string of the molecule is CCCC(C)(CN)N(C)C1CCOC1C. The topological polar surface area (TPSA) is 38.5 Å². The lowest BCUT2D eigenvalue weighted by Crippen LogP contribution is -2.55. The number of hydrogen-bond acceptors (Lipinski definition) is 3. The Bertz CT molecular complexity index is 198. The Morgan fingerprint density at radius 3 is 2.60 bits per heavy atom. The van der Waals surface area contributed by atoms with Crippen LogP contribution in [-0.2, 0) is 4.74 Å². The number of nitrogens with two attached hydrogens (primary N) is 1. The fraction of sp³-hybridized carbons (Fsp3) is 1.00. The number of likely N-dealkylation sites (N-methyl/N-ethyl adjacent to an activating group) is 1. The van der Waals surface area contributed by atoms with Gasteiger partial charge in [-0.25, -0.2) is 0 Å². The lowest BCUT2D eigenvalue weighted by Gasteiger charge is -2.42. The fourth-order valence-corrected chi connectivity index (χ4v) is 2.59. The Hall–Kier alpha value is -0.120. The van der Waals surface area contributed by atoms with E-state index in [0.29, 0.717) is 12.1 Å². The van der Waals surface area contributed by atoms with Gasteiger partial charge in [0.05, 0.1) is 6.10 Å². The molecule has 3 nitrogen and oxygen atoms in total. The van der Waals surface area contributed by atoms with Gasteiger partial charge in [-0.15, -0.1) is 0 Å². The first-order valence-corrected chi connectivity index (χ1v) is 6.09. The van der Waals surface area contributed by atoms with Crippen LogP contribution in [0.1, 0.15) is 40.0 Å². The van der Waals surface area contributed by atoms with Gasteiger partial charge in [-0.3, -0.25) is 4.90 Å². The summed E-state index contributed by atoms with van der Waals surface area (Å²) in [6.45, 7) is 8.26. The van der Waals surface area contributed by atoms with Gasteiger partial charge in [-0.05, 0) is 33.7 Å². The molecule has 15 heavy (non-hydrogen) atoms. The molecule has 0 aromatic carbocycles. The Labute approximate surface area is 94.0 Å². The van der Waals surface area contributed by atoms with Crippen LogP contribution >= 0.6 is 0 Å². The van der Waals surface area contributed by atoms with Crippen LogP contribution in [0.2, 0.25) is 0 Å². The van der Waals surface area contributed by atoms with Gasteiger partial charge in [-0.1, -0.05) is 13.3 Å². The van der Waals surface area contributed by atoms with Crippen molar-refractivity contribution in [3.05, 3.63) is 0 Å². The molecule has 3 atom stereocenters. The maximum atomic E-state index is 5.92. The Balaban J connectivity index is 2.66. The van der Waals surface area contributed by atoms with E-state index in [4.69, 9.17) is 10.5 Å². The highest BCUT2D eigenvalue weighted by molar-refractivity contribution is 4.92. The molecule has 0 aromatic heterocycles. The van der Waals surface area contributed by atoms with E-state index in [1.807, 2.05) is 0 Å². The number of rotatable bonds is 5. The maximum absolute atomic E-state index is 5.92. The summed E-state index contributed by atoms with van der Waals surface area (Å²) in [4.78, 5) is 2.44. The molecular formula is C12H26N2O. The van der Waals surface area contributed by atoms with Gasteiger partial charge < -0.3 is 10.5 Å². The molecule has 0 bridgehead atoms. The zero-order valence-corrected chi connectivity index (χ0v) is 10.6. The normalized spacial score (nSPS) is 30.8. The van der Waals surface area contributed by atoms with Crippen LogP contribution in [0.25, 0.3) is 0 Å². The molecule has 0 amide bonds. The Morgan fingerprint density at radius 1 is 1.53 bits per heavy atom. The van der Waals surface area contributed by atoms with Crippen molar-refractivity contribution in [1.82, 2.24) is 4.90 Å². The molecule has 0 aliphatic carbocycles. The summed E-state index contributed by atoms with van der Waals surface area (Å²) in [7, 11) is 2.19. The van der Waals surface area contributed by atoms with Crippen molar-refractivity contribution in [2.75, 3.05) is 20.2 Å². The van der Waals surface area contributed by atoms with E-state index in [1.165, 1.54) is 6.42 Å². The zero-order valence-electron chi connectivity index (χ0n) is 10.6. The molecule has 90 valence electrons. The predicted octanol–water partition coefficient (Wildman–Crippen LogP) is 1.61. The summed E-state index contributed by atoms with van der Waals surface area (Å²) < 4.78 is 5.62. The van der Waals surface area contributed by atoms with Crippen LogP contribution < -0.4 is 5.73 Å². The molecule has 0 spiro atoms. The molecule has 1 saturated heterocycles. The fourth-order valence-electron chi connectivity index (χ4n) is 2.59. The molecule has 0 aromatic rings. The third-order valence-electron chi connectivity index (χ3n) is 3.91. The molecule has 1 fully saturated rings. The molecule has 2 N–H and O–H groups in total. The predicted molar refractivity (Wildman–Crippen MR) is 63.9 cm³/mol. The van der Waals surface area contributed by atoms with Crippen molar-refractivity contribution in [2.45, 2.75) is 57.7 Å². The van der Waals surface area contributed by atoms with Crippen molar-refractivity contribution >= 4 is 0 Å². The molecule has 1 aliphatic rings. The summed E-state index contributed by atoms with van der Waals surface area (Å²) >= 11 is 0. The second kappa shape index (κ2) is 5.28. The summed E-state index contributed by atoms with van der Waals surface area (Å²) in [5.41, 5.74) is 6.05. The van der Waals surface area contributed by atoms with Gasteiger partial charge >= 0.3 is 0 Å². The molecule has 1 aliphatic heterocycles. The van der Waals surface area contributed by atoms with E-state index in [2.05, 4.69) is 32.7 Å². The van der Waals surface area contributed by atoms with E-state index in [-0.39, 0.29) is 5.54 Å². The van der Waals surface area contributed by atoms with Gasteiger partial charge in [0.1, 0.15) is 0 Å². The van der Waals surface area contributed by atoms with E-state index in [9.17, 15) is 0 Å². The molecule has 0 saturated carbocycles. The van der Waals surface area contributed by atoms with Crippen molar-refractivity contribution < 1.29 is 4.74 Å². The Morgan fingerprint density at radius 2 is 2.20 bits per heavy atom. The largest absolute Gasteiger partial charge is 0.377 e. The summed E-state index contributed by atoms with van der Waals surface area (Å²) in [5, 5.41) is 0. The second-order valence-electron chi connectivity index (χ2n) is 4.99. The van der Waals surface area contributed by atoms with E-state index in [0.717, 1.165) is 26.0 Å². The van der Waals surface area contributed by atoms with Gasteiger partial charge in [-0.2, -0.15) is 0 Å². The van der Waals surface area contributed by atoms with Crippen LogP contribution in [0.4, 0.5) is 0 Å². The van der Waals surface area contributed by atoms with Crippen LogP contribution in [0.3, 0.4) is 0 Å². The molecule has 1 rings (SSSR count). The standard InChI is InChI=1S/C12H26N2O/c1-5-7-12(3,9-13)14(4)11-6-8-15-10(11)2/h10-11H,5-9,13H2,1-4H3. The monoisotopic (exact) mass is 214 g/mol. The number of hydrogen-bond donors (Lipinski definition) is 1. The minimum atomic E-state index is 0.126. The first-order chi connectivity index (χ1) is 7.05. The zero-order chi connectivity index (χ0) is 11.5. The average Bonchev–Trinajstić information content (AvgIpc) is 2.63. The summed E-state index contributed by atoms with van der Waals surface area (Å²) in [6.07, 6.45) is 3.82. The van der Waals surface area contributed by atoms with Gasteiger partial charge in [0, 0.05) is 24.7 Å². The van der Waals surface area contributed by atoms with Crippen LogP contribution in [-0.4, -0.2) is 42.8 Å². The molecule has 1 heterocycles. The van der Waals surface area contributed by atoms with E-state index < -0.39 is 0 Å². The van der Waals surface area contributed by atoms with Crippen LogP contribution in [0.5, 0.6) is 0 Å². The summed E-state index contributed by atoms with van der Waals surface area (Å²) in [6, 6.07) is 0.532. The first kappa shape index (κ1) is 12.9. The highest BCUT2D eigenvalue weighted by Gasteiger charge is 2.37. The number of ether oxygens (including phenoxy) is 1. The molecular weight excluding hydrogens is 188 g/mol. The lowest BCUT2D eigenvalue weighted by molar-refractivity contribution is 0.0319. The summed E-state index contributed by atoms with van der Waals surface area (Å²) in [5.74, 6) is 0. The third kappa shape index (κ3) is 2.71. The van der Waals surface area contributed by atoms with Crippen LogP contribution in [0, 0.1) is 0 Å². The first-order valence-electron chi connectivity index (χ1n) is 6.09. The smallest absolute Gasteiger partial charge is 0.0703 e. The highest BCUT2D eigenvalue weighted by atomic mass is 16.5. The third-order valence-corrected chi connectivity index (χ3v) is 3.91. The Kier molecular flexibility index (Phi) is 4.56. The minimum Gasteiger partial charge on any atom is -0.377 e. The lowest BCUT2D eigenvalue weighted by atomic mass is 9.91. The molecule has 3 heteroatoms. The average molecular weight is 214 g/mol. The highest BCUT2D eigenvalue weighted by Crippen LogP contribution is 2.27. The number of nitrogens with zero attached hydrogens (tertiary/aromatic N) is 1. The van der Waals surface area contributed by atoms with Gasteiger partial charge in [0.25, 0.3) is 0 Å². The van der Waals surface area contributed by atoms with Crippen molar-refractivity contribution in [1.29, 1.82) is 0 Å². The van der Waals surface area contributed by atoms with Crippen molar-refractivity contribution in [3.63, 3.8) is 0 Å². The van der Waals surface area contributed by atoms with Crippen molar-refractivity contribution in [2.24, 2.45) is 5.73 Å². The maximum Gasteiger partial charge on any atom is 0.0703 e. The quantitative estimate of drug-likeness (QED) is 0.755. The molecule has 3 unspecified atom stereocenters. The van der Waals surface area contributed by atoms with Crippen molar-refractivity contribution in [3.8, 4) is 0 Å². The van der Waals surface area contributed by atoms with Gasteiger partial charge in [0.2, 0.25) is 0 Å². The second-order valence-corrected chi connectivity index (χ2v) is 4.99. The minimum absolute atomic E-state index is 0.126.